The topological polar surface area (TPSA) is 138 Å². The molecule has 2 aromatic rings. The maximum atomic E-state index is 12.9. The summed E-state index contributed by atoms with van der Waals surface area (Å²) in [5, 5.41) is 2.90. The largest absolute Gasteiger partial charge is 0.494 e. The van der Waals surface area contributed by atoms with Gasteiger partial charge in [-0.25, -0.2) is 5.84 Å². The molecule has 12 heteroatoms. The van der Waals surface area contributed by atoms with E-state index in [2.05, 4.69) is 10.2 Å². The quantitative estimate of drug-likeness (QED) is 0.179. The van der Waals surface area contributed by atoms with Gasteiger partial charge >= 0.3 is 0 Å². The maximum Gasteiger partial charge on any atom is 0.299 e. The number of carbonyl (C=O) groups is 3. The Morgan fingerprint density at radius 1 is 1.06 bits per heavy atom. The van der Waals surface area contributed by atoms with Gasteiger partial charge in [-0.1, -0.05) is 29.4 Å². The van der Waals surface area contributed by atoms with E-state index in [9.17, 15) is 19.3 Å². The summed E-state index contributed by atoms with van der Waals surface area (Å²) in [7, 11) is 1.29. The van der Waals surface area contributed by atoms with E-state index in [1.54, 1.807) is 24.3 Å². The Morgan fingerprint density at radius 2 is 1.67 bits per heavy atom. The van der Waals surface area contributed by atoms with Crippen molar-refractivity contribution in [2.45, 2.75) is 12.5 Å². The Kier molecular flexibility index (Phi) is 7.88. The Morgan fingerprint density at radius 3 is 2.25 bits per heavy atom. The first kappa shape index (κ1) is 25.2. The molecule has 0 radical (unpaired) electrons. The van der Waals surface area contributed by atoms with Crippen molar-refractivity contribution in [1.29, 1.82) is 0 Å². The van der Waals surface area contributed by atoms with Crippen molar-refractivity contribution < 1.29 is 23.9 Å². The first-order valence-electron chi connectivity index (χ1n) is 11.6. The number of hydrazine groups is 2. The number of ether oxygens (including phenoxy) is 2. The van der Waals surface area contributed by atoms with Crippen LogP contribution in [0.25, 0.3) is 11.1 Å². The van der Waals surface area contributed by atoms with Gasteiger partial charge in [-0.05, 0) is 41.8 Å². The summed E-state index contributed by atoms with van der Waals surface area (Å²) in [5.41, 5.74) is 2.09. The van der Waals surface area contributed by atoms with E-state index in [4.69, 9.17) is 15.3 Å². The van der Waals surface area contributed by atoms with Crippen LogP contribution in [0.4, 0.5) is 0 Å². The minimum absolute atomic E-state index is 0.192. The third-order valence-electron chi connectivity index (χ3n) is 6.19. The number of hydrogen-bond donors (Lipinski definition) is 1. The molecule has 1 atom stereocenters. The molecule has 2 aliphatic rings. The molecular formula is C24H28N6O6. The monoisotopic (exact) mass is 496 g/mol. The smallest absolute Gasteiger partial charge is 0.299 e. The summed E-state index contributed by atoms with van der Waals surface area (Å²) in [4.78, 5) is 51.4. The number of hydrogen-bond acceptors (Lipinski definition) is 9. The van der Waals surface area contributed by atoms with Gasteiger partial charge < -0.3 is 14.4 Å². The van der Waals surface area contributed by atoms with E-state index in [0.717, 1.165) is 61.0 Å². The number of nitroso groups, excluding NO2 is 1. The normalized spacial score (nSPS) is 18.4. The lowest BCUT2D eigenvalue weighted by atomic mass is 10.0. The third-order valence-corrected chi connectivity index (χ3v) is 6.19. The lowest BCUT2D eigenvalue weighted by Crippen LogP contribution is -2.46. The summed E-state index contributed by atoms with van der Waals surface area (Å²) in [5.74, 6) is 3.69. The van der Waals surface area contributed by atoms with Crippen LogP contribution in [0.3, 0.4) is 0 Å². The maximum absolute atomic E-state index is 12.9. The molecule has 4 rings (SSSR count). The molecule has 0 bridgehead atoms. The second-order valence-electron chi connectivity index (χ2n) is 8.47. The first-order valence-corrected chi connectivity index (χ1v) is 11.6. The number of benzene rings is 2. The van der Waals surface area contributed by atoms with Gasteiger partial charge in [-0.15, -0.1) is 4.91 Å². The number of morpholine rings is 1. The van der Waals surface area contributed by atoms with Crippen LogP contribution in [0.15, 0.2) is 53.8 Å². The highest BCUT2D eigenvalue weighted by Gasteiger charge is 2.49. The average Bonchev–Trinajstić information content (AvgIpc) is 3.13. The van der Waals surface area contributed by atoms with Crippen LogP contribution < -0.4 is 10.6 Å². The van der Waals surface area contributed by atoms with Gasteiger partial charge in [0.25, 0.3) is 17.7 Å². The van der Waals surface area contributed by atoms with Crippen molar-refractivity contribution in [2.24, 2.45) is 11.1 Å². The Balaban J connectivity index is 1.32. The molecule has 2 N–H and O–H groups in total. The number of likely N-dealkylation sites (N-methyl/N-ethyl adjacent to an activating group) is 1. The van der Waals surface area contributed by atoms with Gasteiger partial charge in [-0.2, -0.15) is 5.12 Å². The van der Waals surface area contributed by atoms with E-state index >= 15 is 0 Å². The zero-order chi connectivity index (χ0) is 25.7. The number of amides is 3. The van der Waals surface area contributed by atoms with Crippen molar-refractivity contribution in [3.05, 3.63) is 59.0 Å². The molecule has 0 spiro atoms. The minimum atomic E-state index is -1.55. The second-order valence-corrected chi connectivity index (χ2v) is 8.47. The summed E-state index contributed by atoms with van der Waals surface area (Å²) in [6.07, 6.45) is 0.941. The fourth-order valence-corrected chi connectivity index (χ4v) is 4.12. The predicted octanol–water partition coefficient (Wildman–Crippen LogP) is 1.04. The van der Waals surface area contributed by atoms with Crippen LogP contribution in [0.1, 0.15) is 16.8 Å². The number of nitrogens with two attached hydrogens (primary N) is 1. The molecule has 0 aliphatic carbocycles. The number of nitrogens with zero attached hydrogens (tertiary/aromatic N) is 5. The molecule has 2 aromatic carbocycles. The van der Waals surface area contributed by atoms with Crippen molar-refractivity contribution in [1.82, 2.24) is 20.0 Å². The summed E-state index contributed by atoms with van der Waals surface area (Å²) < 4.78 is 11.2. The standard InChI is InChI=1S/C24H28N6O6/c1-27(21-23(32)29(25)30(26-34)24(21)33)22(31)19-5-3-17(4-6-19)18-7-9-20(10-8-18)36-14-2-11-28-12-15-35-16-13-28/h3-10,21H,2,11-16,25H2,1H3. The van der Waals surface area contributed by atoms with E-state index in [0.29, 0.717) is 11.7 Å². The molecule has 12 nitrogen and oxygen atoms in total. The summed E-state index contributed by atoms with van der Waals surface area (Å²) in [6.45, 7) is 5.14. The molecule has 2 fully saturated rings. The van der Waals surface area contributed by atoms with Crippen molar-refractivity contribution in [2.75, 3.05) is 46.5 Å². The van der Waals surface area contributed by atoms with Gasteiger partial charge in [-0.3, -0.25) is 19.3 Å². The first-order chi connectivity index (χ1) is 17.4. The number of carbonyl (C=O) groups excluding carboxylic acids is 3. The molecule has 190 valence electrons. The van der Waals surface area contributed by atoms with Crippen LogP contribution in [0, 0.1) is 4.91 Å². The van der Waals surface area contributed by atoms with E-state index in [-0.39, 0.29) is 10.7 Å². The van der Waals surface area contributed by atoms with E-state index in [1.165, 1.54) is 7.05 Å². The van der Waals surface area contributed by atoms with Crippen LogP contribution >= 0.6 is 0 Å². The molecule has 1 unspecified atom stereocenters. The zero-order valence-electron chi connectivity index (χ0n) is 19.9. The van der Waals surface area contributed by atoms with Gasteiger partial charge in [0.1, 0.15) is 5.75 Å². The second kappa shape index (κ2) is 11.2. The molecule has 0 saturated carbocycles. The Hall–Kier alpha value is -3.87. The zero-order valence-corrected chi connectivity index (χ0v) is 19.9. The van der Waals surface area contributed by atoms with Crippen LogP contribution in [0.2, 0.25) is 0 Å². The van der Waals surface area contributed by atoms with Gasteiger partial charge in [0, 0.05) is 32.2 Å². The Labute approximate surface area is 208 Å². The minimum Gasteiger partial charge on any atom is -0.494 e. The molecule has 2 heterocycles. The SMILES string of the molecule is CN(C(=O)c1ccc(-c2ccc(OCCCN3CCOCC3)cc2)cc1)C1C(=O)N(N)N(N=O)C1=O. The molecule has 2 aliphatic heterocycles. The number of rotatable bonds is 9. The van der Waals surface area contributed by atoms with Crippen molar-refractivity contribution in [3.8, 4) is 16.9 Å². The highest BCUT2D eigenvalue weighted by atomic mass is 16.5. The molecule has 36 heavy (non-hydrogen) atoms. The average molecular weight is 497 g/mol. The Bertz CT molecular complexity index is 1100. The lowest BCUT2D eigenvalue weighted by molar-refractivity contribution is -0.147. The van der Waals surface area contributed by atoms with E-state index < -0.39 is 23.8 Å². The van der Waals surface area contributed by atoms with Gasteiger partial charge in [0.15, 0.2) is 6.04 Å². The molecular weight excluding hydrogens is 468 g/mol. The van der Waals surface area contributed by atoms with Crippen LogP contribution in [0.5, 0.6) is 5.75 Å². The lowest BCUT2D eigenvalue weighted by Gasteiger charge is -2.26. The summed E-state index contributed by atoms with van der Waals surface area (Å²) in [6, 6.07) is 12.9. The van der Waals surface area contributed by atoms with Crippen LogP contribution in [-0.2, 0) is 14.3 Å². The third kappa shape index (κ3) is 5.35. The van der Waals surface area contributed by atoms with Crippen LogP contribution in [-0.4, -0.2) is 90.3 Å². The van der Waals surface area contributed by atoms with Gasteiger partial charge in [0.2, 0.25) is 0 Å². The molecule has 0 aromatic heterocycles. The summed E-state index contributed by atoms with van der Waals surface area (Å²) >= 11 is 0. The molecule has 3 amide bonds. The fourth-order valence-electron chi connectivity index (χ4n) is 4.12. The fraction of sp³-hybridized carbons (Fsp3) is 0.375. The van der Waals surface area contributed by atoms with E-state index in [1.807, 2.05) is 24.3 Å². The molecule has 2 saturated heterocycles. The highest BCUT2D eigenvalue weighted by molar-refractivity contribution is 6.12. The van der Waals surface area contributed by atoms with Gasteiger partial charge in [0.05, 0.1) is 25.1 Å². The predicted molar refractivity (Wildman–Crippen MR) is 129 cm³/mol. The van der Waals surface area contributed by atoms with Crippen molar-refractivity contribution >= 4 is 17.7 Å². The van der Waals surface area contributed by atoms with Crippen molar-refractivity contribution in [3.63, 3.8) is 0 Å². The highest BCUT2D eigenvalue weighted by Crippen LogP contribution is 2.24.